The van der Waals surface area contributed by atoms with Crippen LogP contribution in [-0.4, -0.2) is 33.6 Å². The second-order valence-corrected chi connectivity index (χ2v) is 9.75. The molecule has 0 saturated carbocycles. The second-order valence-electron chi connectivity index (χ2n) is 8.66. The average Bonchev–Trinajstić information content (AvgIpc) is 2.90. The van der Waals surface area contributed by atoms with Gasteiger partial charge in [0, 0.05) is 60.9 Å². The van der Waals surface area contributed by atoms with E-state index in [1.165, 1.54) is 0 Å². The van der Waals surface area contributed by atoms with Crippen molar-refractivity contribution < 1.29 is 14.3 Å². The Morgan fingerprint density at radius 3 is 2.89 bits per heavy atom. The van der Waals surface area contributed by atoms with Crippen LogP contribution in [0.1, 0.15) is 36.6 Å². The third kappa shape index (κ3) is 6.27. The summed E-state index contributed by atoms with van der Waals surface area (Å²) in [6.07, 6.45) is 8.90. The van der Waals surface area contributed by atoms with Crippen LogP contribution in [-0.2, 0) is 22.7 Å². The van der Waals surface area contributed by atoms with Crippen LogP contribution in [0.25, 0.3) is 10.9 Å². The molecule has 9 heteroatoms. The van der Waals surface area contributed by atoms with Gasteiger partial charge in [0.1, 0.15) is 17.9 Å². The molecule has 3 heterocycles. The number of alkyl halides is 1. The lowest BCUT2D eigenvalue weighted by Crippen LogP contribution is -2.34. The highest BCUT2D eigenvalue weighted by molar-refractivity contribution is 14.1. The standard InChI is InChI=1S/C27H30ClIN4O3/c1-3-9-33(17-29)24-12-18(2)32-26-21(24)5-4-6-25(26)36-16-22-20(13-30-15-23(22)28)14-31-27(34)19-7-10-35-11-8-19/h3-6,9,12-13,15,19H,7-8,10-11,14,16-17H2,1-2H3,(H,31,34)/b9-3-. The van der Waals surface area contributed by atoms with Gasteiger partial charge in [0.05, 0.1) is 15.3 Å². The third-order valence-corrected chi connectivity index (χ3v) is 7.25. The van der Waals surface area contributed by atoms with Gasteiger partial charge in [-0.25, -0.2) is 4.98 Å². The summed E-state index contributed by atoms with van der Waals surface area (Å²) in [5, 5.41) is 4.55. The maximum Gasteiger partial charge on any atom is 0.223 e. The number of para-hydroxylation sites is 1. The molecule has 1 aliphatic heterocycles. The van der Waals surface area contributed by atoms with Crippen molar-refractivity contribution >= 4 is 56.7 Å². The van der Waals surface area contributed by atoms with E-state index in [4.69, 9.17) is 26.1 Å². The van der Waals surface area contributed by atoms with Crippen molar-refractivity contribution in [2.45, 2.75) is 39.8 Å². The van der Waals surface area contributed by atoms with E-state index >= 15 is 0 Å². The third-order valence-electron chi connectivity index (χ3n) is 6.19. The van der Waals surface area contributed by atoms with Crippen molar-refractivity contribution in [3.63, 3.8) is 0 Å². The van der Waals surface area contributed by atoms with E-state index in [0.29, 0.717) is 30.5 Å². The fourth-order valence-corrected chi connectivity index (χ4v) is 5.13. The van der Waals surface area contributed by atoms with Crippen molar-refractivity contribution in [1.82, 2.24) is 15.3 Å². The number of anilines is 1. The fourth-order valence-electron chi connectivity index (χ4n) is 4.30. The lowest BCUT2D eigenvalue weighted by Gasteiger charge is -2.22. The first-order valence-electron chi connectivity index (χ1n) is 12.0. The predicted octanol–water partition coefficient (Wildman–Crippen LogP) is 5.95. The average molecular weight is 621 g/mol. The maximum absolute atomic E-state index is 12.6. The minimum Gasteiger partial charge on any atom is -0.487 e. The first-order valence-corrected chi connectivity index (χ1v) is 13.9. The largest absolute Gasteiger partial charge is 0.487 e. The first-order chi connectivity index (χ1) is 17.5. The van der Waals surface area contributed by atoms with Gasteiger partial charge in [-0.1, -0.05) is 52.4 Å². The molecule has 1 fully saturated rings. The number of nitrogens with zero attached hydrogens (tertiary/aromatic N) is 3. The topological polar surface area (TPSA) is 76.6 Å². The van der Waals surface area contributed by atoms with E-state index in [-0.39, 0.29) is 18.4 Å². The van der Waals surface area contributed by atoms with Crippen LogP contribution < -0.4 is 15.0 Å². The summed E-state index contributed by atoms with van der Waals surface area (Å²) >= 11 is 8.87. The van der Waals surface area contributed by atoms with Gasteiger partial charge in [-0.15, -0.1) is 0 Å². The number of amides is 1. The number of fused-ring (bicyclic) bond motifs is 1. The zero-order chi connectivity index (χ0) is 25.5. The highest BCUT2D eigenvalue weighted by Crippen LogP contribution is 2.34. The Labute approximate surface area is 230 Å². The van der Waals surface area contributed by atoms with Crippen LogP contribution >= 0.6 is 34.2 Å². The molecule has 1 amide bonds. The number of rotatable bonds is 9. The molecule has 0 bridgehead atoms. The van der Waals surface area contributed by atoms with E-state index in [0.717, 1.165) is 50.8 Å². The molecule has 190 valence electrons. The summed E-state index contributed by atoms with van der Waals surface area (Å²) in [5.41, 5.74) is 4.41. The van der Waals surface area contributed by atoms with Gasteiger partial charge in [0.25, 0.3) is 0 Å². The number of hydrogen-bond donors (Lipinski definition) is 1. The minimum absolute atomic E-state index is 0.0190. The highest BCUT2D eigenvalue weighted by atomic mass is 127. The van der Waals surface area contributed by atoms with Crippen molar-refractivity contribution in [3.05, 3.63) is 70.8 Å². The summed E-state index contributed by atoms with van der Waals surface area (Å²) in [6, 6.07) is 8.04. The van der Waals surface area contributed by atoms with Crippen LogP contribution in [0.3, 0.4) is 0 Å². The Bertz CT molecular complexity index is 1250. The lowest BCUT2D eigenvalue weighted by molar-refractivity contribution is -0.128. The molecule has 2 aromatic heterocycles. The monoisotopic (exact) mass is 620 g/mol. The van der Waals surface area contributed by atoms with E-state index in [1.54, 1.807) is 12.4 Å². The Kier molecular flexibility index (Phi) is 9.39. The molecule has 0 unspecified atom stereocenters. The molecule has 0 spiro atoms. The van der Waals surface area contributed by atoms with Crippen molar-refractivity contribution in [1.29, 1.82) is 0 Å². The summed E-state index contributed by atoms with van der Waals surface area (Å²) in [4.78, 5) is 23.8. The van der Waals surface area contributed by atoms with Gasteiger partial charge >= 0.3 is 0 Å². The molecule has 0 aliphatic carbocycles. The highest BCUT2D eigenvalue weighted by Gasteiger charge is 2.22. The molecule has 1 aliphatic rings. The Balaban J connectivity index is 1.56. The van der Waals surface area contributed by atoms with E-state index < -0.39 is 0 Å². The van der Waals surface area contributed by atoms with Crippen molar-refractivity contribution in [2.24, 2.45) is 5.92 Å². The Hall–Kier alpha value is -2.43. The van der Waals surface area contributed by atoms with Crippen molar-refractivity contribution in [3.8, 4) is 5.75 Å². The van der Waals surface area contributed by atoms with Crippen LogP contribution in [0.4, 0.5) is 5.69 Å². The first kappa shape index (κ1) is 26.6. The molecule has 1 saturated heterocycles. The molecule has 4 rings (SSSR count). The van der Waals surface area contributed by atoms with Crippen molar-refractivity contribution in [2.75, 3.05) is 22.7 Å². The van der Waals surface area contributed by atoms with Crippen LogP contribution in [0.5, 0.6) is 5.75 Å². The summed E-state index contributed by atoms with van der Waals surface area (Å²) in [5.74, 6) is 0.693. The van der Waals surface area contributed by atoms with Crippen LogP contribution in [0.2, 0.25) is 5.02 Å². The molecule has 0 radical (unpaired) electrons. The smallest absolute Gasteiger partial charge is 0.223 e. The minimum atomic E-state index is -0.0190. The van der Waals surface area contributed by atoms with Crippen LogP contribution in [0.15, 0.2) is 48.9 Å². The second kappa shape index (κ2) is 12.7. The van der Waals surface area contributed by atoms with E-state index in [1.807, 2.05) is 32.1 Å². The van der Waals surface area contributed by atoms with Gasteiger partial charge in [-0.2, -0.15) is 0 Å². The molecule has 7 nitrogen and oxygen atoms in total. The van der Waals surface area contributed by atoms with Gasteiger partial charge in [-0.05, 0) is 44.4 Å². The summed E-state index contributed by atoms with van der Waals surface area (Å²) in [7, 11) is 0. The number of halogens is 2. The number of pyridine rings is 2. The number of benzene rings is 1. The number of ether oxygens (including phenoxy) is 2. The Morgan fingerprint density at radius 2 is 2.14 bits per heavy atom. The van der Waals surface area contributed by atoms with Gasteiger partial charge in [0.15, 0.2) is 0 Å². The Morgan fingerprint density at radius 1 is 1.33 bits per heavy atom. The zero-order valence-corrected chi connectivity index (χ0v) is 23.4. The lowest BCUT2D eigenvalue weighted by atomic mass is 9.99. The van der Waals surface area contributed by atoms with E-state index in [9.17, 15) is 4.79 Å². The molecule has 1 aromatic carbocycles. The van der Waals surface area contributed by atoms with Crippen LogP contribution in [0, 0.1) is 12.8 Å². The predicted molar refractivity (Wildman–Crippen MR) is 152 cm³/mol. The summed E-state index contributed by atoms with van der Waals surface area (Å²) in [6.45, 7) is 5.82. The van der Waals surface area contributed by atoms with Gasteiger partial charge < -0.3 is 19.7 Å². The number of carbonyl (C=O) groups is 1. The molecule has 36 heavy (non-hydrogen) atoms. The molecule has 3 aromatic rings. The number of hydrogen-bond acceptors (Lipinski definition) is 6. The van der Waals surface area contributed by atoms with Gasteiger partial charge in [0.2, 0.25) is 5.91 Å². The number of nitrogens with one attached hydrogen (secondary N) is 1. The van der Waals surface area contributed by atoms with E-state index in [2.05, 4.69) is 56.1 Å². The number of aryl methyl sites for hydroxylation is 1. The molecular weight excluding hydrogens is 591 g/mol. The summed E-state index contributed by atoms with van der Waals surface area (Å²) < 4.78 is 12.5. The molecular formula is C27H30ClIN4O3. The zero-order valence-electron chi connectivity index (χ0n) is 20.5. The number of aromatic nitrogens is 2. The molecule has 0 atom stereocenters. The van der Waals surface area contributed by atoms with Gasteiger partial charge in [-0.3, -0.25) is 9.78 Å². The maximum atomic E-state index is 12.6. The normalized spacial score (nSPS) is 14.3. The fraction of sp³-hybridized carbons (Fsp3) is 0.370. The molecule has 1 N–H and O–H groups in total. The quantitative estimate of drug-likeness (QED) is 0.181. The SMILES string of the molecule is C/C=C\N(CI)c1cc(C)nc2c(OCc3c(Cl)cncc3CNC(=O)C3CCOCC3)cccc12. The number of allylic oxidation sites excluding steroid dienone is 1. The number of carbonyl (C=O) groups excluding carboxylic acids is 1.